The lowest BCUT2D eigenvalue weighted by atomic mass is 9.88. The molecule has 1 atom stereocenters. The van der Waals surface area contributed by atoms with E-state index in [0.717, 1.165) is 12.1 Å². The van der Waals surface area contributed by atoms with E-state index in [-0.39, 0.29) is 0 Å². The minimum atomic E-state index is 0.460. The van der Waals surface area contributed by atoms with E-state index >= 15 is 0 Å². The van der Waals surface area contributed by atoms with Gasteiger partial charge in [0.1, 0.15) is 0 Å². The van der Waals surface area contributed by atoms with Crippen molar-refractivity contribution in [3.05, 3.63) is 47.8 Å². The maximum Gasteiger partial charge on any atom is 0.0649 e. The Morgan fingerprint density at radius 2 is 2.12 bits per heavy atom. The van der Waals surface area contributed by atoms with Gasteiger partial charge in [-0.1, -0.05) is 18.2 Å². The van der Waals surface area contributed by atoms with Crippen LogP contribution in [0.25, 0.3) is 5.69 Å². The van der Waals surface area contributed by atoms with Crippen molar-refractivity contribution in [1.82, 2.24) is 9.78 Å². The van der Waals surface area contributed by atoms with Gasteiger partial charge < -0.3 is 5.73 Å². The van der Waals surface area contributed by atoms with Gasteiger partial charge in [0.25, 0.3) is 0 Å². The van der Waals surface area contributed by atoms with Crippen LogP contribution in [-0.2, 0) is 6.42 Å². The van der Waals surface area contributed by atoms with Crippen LogP contribution in [0, 0.1) is 0 Å². The Labute approximate surface area is 101 Å². The first-order valence-electron chi connectivity index (χ1n) is 6.22. The second kappa shape index (κ2) is 4.34. The zero-order valence-corrected chi connectivity index (χ0v) is 9.84. The number of benzene rings is 1. The van der Waals surface area contributed by atoms with Crippen LogP contribution in [0.3, 0.4) is 0 Å². The first-order valence-corrected chi connectivity index (χ1v) is 6.22. The smallest absolute Gasteiger partial charge is 0.0649 e. The van der Waals surface area contributed by atoms with E-state index < -0.39 is 0 Å². The minimum absolute atomic E-state index is 0.460. The molecule has 17 heavy (non-hydrogen) atoms. The van der Waals surface area contributed by atoms with Crippen LogP contribution in [-0.4, -0.2) is 16.3 Å². The molecule has 0 saturated heterocycles. The third kappa shape index (κ3) is 1.76. The lowest BCUT2D eigenvalue weighted by molar-refractivity contribution is 0.534. The predicted molar refractivity (Wildman–Crippen MR) is 68.3 cm³/mol. The maximum absolute atomic E-state index is 5.88. The highest BCUT2D eigenvalue weighted by Crippen LogP contribution is 2.32. The first-order chi connectivity index (χ1) is 8.40. The monoisotopic (exact) mass is 227 g/mol. The highest BCUT2D eigenvalue weighted by Gasteiger charge is 2.24. The maximum atomic E-state index is 5.88. The number of nitrogens with zero attached hydrogens (tertiary/aromatic N) is 2. The Morgan fingerprint density at radius 3 is 2.88 bits per heavy atom. The number of fused-ring (bicyclic) bond motifs is 1. The van der Waals surface area contributed by atoms with Crippen molar-refractivity contribution in [3.63, 3.8) is 0 Å². The Hall–Kier alpha value is -1.61. The third-order valence-electron chi connectivity index (χ3n) is 3.56. The summed E-state index contributed by atoms with van der Waals surface area (Å²) < 4.78 is 2.06. The SMILES string of the molecule is NCC1CCCc2cnn(-c3ccccc3)c21. The van der Waals surface area contributed by atoms with Crippen molar-refractivity contribution in [2.24, 2.45) is 5.73 Å². The highest BCUT2D eigenvalue weighted by atomic mass is 15.3. The van der Waals surface area contributed by atoms with Crippen molar-refractivity contribution in [1.29, 1.82) is 0 Å². The summed E-state index contributed by atoms with van der Waals surface area (Å²) in [6, 6.07) is 10.3. The fraction of sp³-hybridized carbons (Fsp3) is 0.357. The molecule has 0 spiro atoms. The Bertz CT molecular complexity index is 501. The molecule has 0 fully saturated rings. The molecule has 3 nitrogen and oxygen atoms in total. The van der Waals surface area contributed by atoms with Crippen LogP contribution >= 0.6 is 0 Å². The molecule has 88 valence electrons. The summed E-state index contributed by atoms with van der Waals surface area (Å²) in [5.41, 5.74) is 9.71. The Balaban J connectivity index is 2.10. The fourth-order valence-electron chi connectivity index (χ4n) is 2.70. The summed E-state index contributed by atoms with van der Waals surface area (Å²) in [5, 5.41) is 4.53. The summed E-state index contributed by atoms with van der Waals surface area (Å²) in [5.74, 6) is 0.460. The number of para-hydroxylation sites is 1. The molecule has 3 heteroatoms. The molecule has 1 aromatic carbocycles. The van der Waals surface area contributed by atoms with Gasteiger partial charge in [0, 0.05) is 12.5 Å². The van der Waals surface area contributed by atoms with Crippen LogP contribution in [0.2, 0.25) is 0 Å². The quantitative estimate of drug-likeness (QED) is 0.855. The number of rotatable bonds is 2. The zero-order chi connectivity index (χ0) is 11.7. The summed E-state index contributed by atoms with van der Waals surface area (Å²) in [6.07, 6.45) is 5.56. The normalized spacial score (nSPS) is 19.0. The van der Waals surface area contributed by atoms with Crippen molar-refractivity contribution in [2.45, 2.75) is 25.2 Å². The van der Waals surface area contributed by atoms with E-state index in [1.165, 1.54) is 24.1 Å². The standard InChI is InChI=1S/C14H17N3/c15-9-11-5-4-6-12-10-16-17(14(11)12)13-7-2-1-3-8-13/h1-3,7-8,10-11H,4-6,9,15H2. The van der Waals surface area contributed by atoms with E-state index in [1.807, 2.05) is 24.4 Å². The minimum Gasteiger partial charge on any atom is -0.330 e. The van der Waals surface area contributed by atoms with E-state index in [4.69, 9.17) is 5.73 Å². The number of nitrogens with two attached hydrogens (primary N) is 1. The average molecular weight is 227 g/mol. The second-order valence-corrected chi connectivity index (χ2v) is 4.63. The summed E-state index contributed by atoms with van der Waals surface area (Å²) in [6.45, 7) is 0.714. The van der Waals surface area contributed by atoms with E-state index in [2.05, 4.69) is 21.9 Å². The number of hydrogen-bond acceptors (Lipinski definition) is 2. The predicted octanol–water partition coefficient (Wildman–Crippen LogP) is 2.25. The van der Waals surface area contributed by atoms with Gasteiger partial charge in [-0.15, -0.1) is 0 Å². The number of aryl methyl sites for hydroxylation is 1. The molecule has 1 aliphatic carbocycles. The molecule has 1 aliphatic rings. The van der Waals surface area contributed by atoms with Gasteiger partial charge in [0.2, 0.25) is 0 Å². The lowest BCUT2D eigenvalue weighted by Crippen LogP contribution is -2.20. The summed E-state index contributed by atoms with van der Waals surface area (Å²) in [7, 11) is 0. The van der Waals surface area contributed by atoms with E-state index in [9.17, 15) is 0 Å². The summed E-state index contributed by atoms with van der Waals surface area (Å²) >= 11 is 0. The van der Waals surface area contributed by atoms with Crippen molar-refractivity contribution in [3.8, 4) is 5.69 Å². The molecule has 1 unspecified atom stereocenters. The molecule has 0 aliphatic heterocycles. The molecule has 0 bridgehead atoms. The van der Waals surface area contributed by atoms with Gasteiger partial charge in [-0.2, -0.15) is 5.10 Å². The molecular weight excluding hydrogens is 210 g/mol. The average Bonchev–Trinajstić information content (AvgIpc) is 2.83. The molecule has 3 rings (SSSR count). The van der Waals surface area contributed by atoms with Gasteiger partial charge in [-0.05, 0) is 37.0 Å². The second-order valence-electron chi connectivity index (χ2n) is 4.63. The molecule has 2 aromatic rings. The number of hydrogen-bond donors (Lipinski definition) is 1. The molecule has 1 heterocycles. The fourth-order valence-corrected chi connectivity index (χ4v) is 2.70. The van der Waals surface area contributed by atoms with E-state index in [0.29, 0.717) is 12.5 Å². The van der Waals surface area contributed by atoms with Crippen molar-refractivity contribution >= 4 is 0 Å². The van der Waals surface area contributed by atoms with Crippen LogP contribution < -0.4 is 5.73 Å². The van der Waals surface area contributed by atoms with E-state index in [1.54, 1.807) is 0 Å². The van der Waals surface area contributed by atoms with Crippen molar-refractivity contribution in [2.75, 3.05) is 6.54 Å². The van der Waals surface area contributed by atoms with Crippen LogP contribution in [0.15, 0.2) is 36.5 Å². The summed E-state index contributed by atoms with van der Waals surface area (Å²) in [4.78, 5) is 0. The Kier molecular flexibility index (Phi) is 2.69. The van der Waals surface area contributed by atoms with Gasteiger partial charge in [-0.25, -0.2) is 4.68 Å². The molecule has 0 amide bonds. The third-order valence-corrected chi connectivity index (χ3v) is 3.56. The molecule has 2 N–H and O–H groups in total. The first kappa shape index (κ1) is 10.5. The van der Waals surface area contributed by atoms with Crippen molar-refractivity contribution < 1.29 is 0 Å². The molecular formula is C14H17N3. The molecule has 1 aromatic heterocycles. The molecule has 0 saturated carbocycles. The topological polar surface area (TPSA) is 43.8 Å². The van der Waals surface area contributed by atoms with Gasteiger partial charge in [-0.3, -0.25) is 0 Å². The number of aromatic nitrogens is 2. The molecule has 0 radical (unpaired) electrons. The van der Waals surface area contributed by atoms with Gasteiger partial charge in [0.05, 0.1) is 17.6 Å². The van der Waals surface area contributed by atoms with Crippen LogP contribution in [0.5, 0.6) is 0 Å². The largest absolute Gasteiger partial charge is 0.330 e. The Morgan fingerprint density at radius 1 is 1.29 bits per heavy atom. The lowest BCUT2D eigenvalue weighted by Gasteiger charge is -2.22. The van der Waals surface area contributed by atoms with Crippen LogP contribution in [0.1, 0.15) is 30.0 Å². The highest BCUT2D eigenvalue weighted by molar-refractivity contribution is 5.37. The zero-order valence-electron chi connectivity index (χ0n) is 9.84. The van der Waals surface area contributed by atoms with Crippen LogP contribution in [0.4, 0.5) is 0 Å². The van der Waals surface area contributed by atoms with Gasteiger partial charge in [0.15, 0.2) is 0 Å². The van der Waals surface area contributed by atoms with Gasteiger partial charge >= 0.3 is 0 Å².